The number of carbonyl (C=O) groups excluding carboxylic acids is 1. The number of pyridine rings is 1. The molecule has 4 nitrogen and oxygen atoms in total. The summed E-state index contributed by atoms with van der Waals surface area (Å²) in [7, 11) is 0. The topological polar surface area (TPSA) is 36.4 Å². The van der Waals surface area contributed by atoms with Gasteiger partial charge in [0.1, 0.15) is 0 Å². The van der Waals surface area contributed by atoms with Crippen LogP contribution in [0, 0.1) is 13.8 Å². The van der Waals surface area contributed by atoms with Gasteiger partial charge >= 0.3 is 0 Å². The lowest BCUT2D eigenvalue weighted by atomic mass is 9.99. The molecule has 4 heteroatoms. The van der Waals surface area contributed by atoms with Crippen LogP contribution < -0.4 is 0 Å². The zero-order chi connectivity index (χ0) is 21.4. The van der Waals surface area contributed by atoms with Crippen molar-refractivity contribution in [3.8, 4) is 11.1 Å². The van der Waals surface area contributed by atoms with Crippen LogP contribution in [0.15, 0.2) is 67.0 Å². The Bertz CT molecular complexity index is 1040. The lowest BCUT2D eigenvalue weighted by Gasteiger charge is -2.41. The zero-order valence-electron chi connectivity index (χ0n) is 18.3. The van der Waals surface area contributed by atoms with E-state index in [1.807, 2.05) is 17.0 Å². The summed E-state index contributed by atoms with van der Waals surface area (Å²) < 4.78 is 0. The Morgan fingerprint density at radius 3 is 2.10 bits per heavy atom. The Hall–Kier alpha value is -2.98. The fraction of sp³-hybridized carbons (Fsp3) is 0.333. The quantitative estimate of drug-likeness (QED) is 0.615. The third kappa shape index (κ3) is 4.13. The summed E-state index contributed by atoms with van der Waals surface area (Å²) in [6.45, 7) is 6.90. The van der Waals surface area contributed by atoms with Gasteiger partial charge in [-0.2, -0.15) is 0 Å². The smallest absolute Gasteiger partial charge is 0.254 e. The summed E-state index contributed by atoms with van der Waals surface area (Å²) >= 11 is 0. The van der Waals surface area contributed by atoms with Crippen molar-refractivity contribution in [3.05, 3.63) is 89.2 Å². The molecule has 0 radical (unpaired) electrons. The van der Waals surface area contributed by atoms with Gasteiger partial charge in [0.25, 0.3) is 5.91 Å². The van der Waals surface area contributed by atoms with Crippen LogP contribution in [0.4, 0.5) is 0 Å². The van der Waals surface area contributed by atoms with Crippen LogP contribution in [0.5, 0.6) is 0 Å². The van der Waals surface area contributed by atoms with E-state index < -0.39 is 0 Å². The van der Waals surface area contributed by atoms with E-state index >= 15 is 0 Å². The van der Waals surface area contributed by atoms with E-state index in [0.29, 0.717) is 12.1 Å². The van der Waals surface area contributed by atoms with E-state index in [0.717, 1.165) is 25.2 Å². The monoisotopic (exact) mass is 411 g/mol. The van der Waals surface area contributed by atoms with Gasteiger partial charge in [0, 0.05) is 49.7 Å². The highest BCUT2D eigenvalue weighted by atomic mass is 16.2. The van der Waals surface area contributed by atoms with Crippen molar-refractivity contribution < 1.29 is 4.79 Å². The van der Waals surface area contributed by atoms with Gasteiger partial charge in [-0.1, -0.05) is 53.6 Å². The summed E-state index contributed by atoms with van der Waals surface area (Å²) in [6, 6.07) is 20.3. The third-order valence-corrected chi connectivity index (χ3v) is 6.72. The van der Waals surface area contributed by atoms with Gasteiger partial charge in [-0.3, -0.25) is 14.7 Å². The summed E-state index contributed by atoms with van der Waals surface area (Å²) in [4.78, 5) is 21.6. The molecule has 2 saturated heterocycles. The number of benzene rings is 2. The van der Waals surface area contributed by atoms with Crippen LogP contribution in [0.1, 0.15) is 39.9 Å². The van der Waals surface area contributed by atoms with Gasteiger partial charge in [0.2, 0.25) is 0 Å². The van der Waals surface area contributed by atoms with Gasteiger partial charge in [0.05, 0.1) is 0 Å². The third-order valence-electron chi connectivity index (χ3n) is 6.72. The number of hydrogen-bond acceptors (Lipinski definition) is 3. The van der Waals surface area contributed by atoms with Crippen LogP contribution in [-0.2, 0) is 6.54 Å². The maximum atomic E-state index is 12.9. The van der Waals surface area contributed by atoms with Gasteiger partial charge in [-0.25, -0.2) is 0 Å². The summed E-state index contributed by atoms with van der Waals surface area (Å²) in [5.74, 6) is 0.136. The number of piperazine rings is 1. The fourth-order valence-corrected chi connectivity index (χ4v) is 5.25. The number of rotatable bonds is 4. The summed E-state index contributed by atoms with van der Waals surface area (Å²) in [5.41, 5.74) is 7.24. The van der Waals surface area contributed by atoms with Crippen LogP contribution in [0.3, 0.4) is 0 Å². The van der Waals surface area contributed by atoms with Gasteiger partial charge in [-0.15, -0.1) is 0 Å². The molecule has 2 bridgehead atoms. The maximum Gasteiger partial charge on any atom is 0.254 e. The molecule has 1 amide bonds. The minimum atomic E-state index is 0.136. The van der Waals surface area contributed by atoms with E-state index in [2.05, 4.69) is 66.2 Å². The molecule has 5 rings (SSSR count). The minimum Gasteiger partial charge on any atom is -0.336 e. The predicted molar refractivity (Wildman–Crippen MR) is 124 cm³/mol. The molecular weight excluding hydrogens is 382 g/mol. The Labute approximate surface area is 184 Å². The normalized spacial score (nSPS) is 20.8. The molecule has 2 aliphatic heterocycles. The number of likely N-dealkylation sites (tertiary alicyclic amines) is 1. The van der Waals surface area contributed by atoms with Crippen LogP contribution in [0.2, 0.25) is 0 Å². The molecular formula is C27H29N3O. The number of carbonyl (C=O) groups is 1. The van der Waals surface area contributed by atoms with Crippen LogP contribution >= 0.6 is 0 Å². The van der Waals surface area contributed by atoms with Crippen molar-refractivity contribution in [2.75, 3.05) is 13.1 Å². The first-order chi connectivity index (χ1) is 15.1. The van der Waals surface area contributed by atoms with E-state index in [1.54, 1.807) is 12.4 Å². The minimum absolute atomic E-state index is 0.136. The molecule has 2 aliphatic rings. The Morgan fingerprint density at radius 2 is 1.48 bits per heavy atom. The Morgan fingerprint density at radius 1 is 0.871 bits per heavy atom. The van der Waals surface area contributed by atoms with E-state index in [1.165, 1.54) is 40.7 Å². The van der Waals surface area contributed by atoms with Gasteiger partial charge in [0.15, 0.2) is 0 Å². The summed E-state index contributed by atoms with van der Waals surface area (Å²) in [5, 5.41) is 0. The first kappa shape index (κ1) is 20.0. The van der Waals surface area contributed by atoms with Crippen molar-refractivity contribution in [1.29, 1.82) is 0 Å². The number of aryl methyl sites for hydroxylation is 2. The number of hydrogen-bond donors (Lipinski definition) is 0. The van der Waals surface area contributed by atoms with E-state index in [4.69, 9.17) is 0 Å². The molecule has 1 aromatic heterocycles. The molecule has 158 valence electrons. The Kier molecular flexibility index (Phi) is 5.33. The molecule has 2 aromatic carbocycles. The lowest BCUT2D eigenvalue weighted by molar-refractivity contribution is 0.0423. The highest BCUT2D eigenvalue weighted by Gasteiger charge is 2.41. The standard InChI is InChI=1S/C27H29N3O/c1-19-13-20(2)15-24(14-19)22-5-3-21(4-6-22)16-30-25-7-8-26(30)18-29(17-25)27(31)23-9-11-28-12-10-23/h3-6,9-15,25-26H,7-8,16-18H2,1-2H3. The first-order valence-corrected chi connectivity index (χ1v) is 11.2. The molecule has 31 heavy (non-hydrogen) atoms. The lowest BCUT2D eigenvalue weighted by Crippen LogP contribution is -2.54. The van der Waals surface area contributed by atoms with Crippen LogP contribution in [-0.4, -0.2) is 45.9 Å². The Balaban J connectivity index is 1.27. The molecule has 0 saturated carbocycles. The predicted octanol–water partition coefficient (Wildman–Crippen LogP) is 4.85. The highest BCUT2D eigenvalue weighted by Crippen LogP contribution is 2.32. The van der Waals surface area contributed by atoms with Crippen molar-refractivity contribution in [1.82, 2.24) is 14.8 Å². The van der Waals surface area contributed by atoms with Gasteiger partial charge in [-0.05, 0) is 55.5 Å². The second kappa shape index (κ2) is 8.27. The maximum absolute atomic E-state index is 12.9. The largest absolute Gasteiger partial charge is 0.336 e. The van der Waals surface area contributed by atoms with E-state index in [9.17, 15) is 4.79 Å². The second-order valence-corrected chi connectivity index (χ2v) is 9.08. The molecule has 3 aromatic rings. The SMILES string of the molecule is Cc1cc(C)cc(-c2ccc(CN3C4CCC3CN(C(=O)c3ccncc3)C4)cc2)c1. The summed E-state index contributed by atoms with van der Waals surface area (Å²) in [6.07, 6.45) is 5.73. The number of amides is 1. The average Bonchev–Trinajstić information content (AvgIpc) is 3.00. The van der Waals surface area contributed by atoms with Crippen LogP contribution in [0.25, 0.3) is 11.1 Å². The first-order valence-electron chi connectivity index (χ1n) is 11.2. The number of nitrogens with zero attached hydrogens (tertiary/aromatic N) is 3. The van der Waals surface area contributed by atoms with Gasteiger partial charge < -0.3 is 4.90 Å². The average molecular weight is 412 g/mol. The molecule has 2 atom stereocenters. The van der Waals surface area contributed by atoms with Crippen molar-refractivity contribution >= 4 is 5.91 Å². The van der Waals surface area contributed by atoms with Crippen molar-refractivity contribution in [3.63, 3.8) is 0 Å². The fourth-order valence-electron chi connectivity index (χ4n) is 5.25. The molecule has 0 N–H and O–H groups in total. The van der Waals surface area contributed by atoms with Crippen molar-refractivity contribution in [2.24, 2.45) is 0 Å². The number of fused-ring (bicyclic) bond motifs is 2. The molecule has 0 spiro atoms. The molecule has 2 unspecified atom stereocenters. The van der Waals surface area contributed by atoms with Crippen molar-refractivity contribution in [2.45, 2.75) is 45.3 Å². The second-order valence-electron chi connectivity index (χ2n) is 9.08. The molecule has 2 fully saturated rings. The molecule has 0 aliphatic carbocycles. The number of aromatic nitrogens is 1. The zero-order valence-corrected chi connectivity index (χ0v) is 18.3. The van der Waals surface area contributed by atoms with E-state index in [-0.39, 0.29) is 5.91 Å². The highest BCUT2D eigenvalue weighted by molar-refractivity contribution is 5.94. The molecule has 3 heterocycles.